The van der Waals surface area contributed by atoms with Crippen molar-refractivity contribution in [2.45, 2.75) is 13.0 Å². The van der Waals surface area contributed by atoms with Crippen LogP contribution in [-0.2, 0) is 0 Å². The van der Waals surface area contributed by atoms with Crippen LogP contribution in [0.2, 0.25) is 0 Å². The van der Waals surface area contributed by atoms with Gasteiger partial charge in [0.25, 0.3) is 0 Å². The van der Waals surface area contributed by atoms with Crippen LogP contribution in [0.25, 0.3) is 11.3 Å². The molecule has 90 valence electrons. The SMILES string of the molecule is CNC(C)c1ccc(-c2ccc(F)cc2I)o1. The van der Waals surface area contributed by atoms with Gasteiger partial charge in [-0.05, 0) is 66.9 Å². The second-order valence-electron chi connectivity index (χ2n) is 3.84. The monoisotopic (exact) mass is 345 g/mol. The van der Waals surface area contributed by atoms with Gasteiger partial charge in [0.1, 0.15) is 17.3 Å². The molecule has 0 aliphatic heterocycles. The molecule has 1 aromatic carbocycles. The number of benzene rings is 1. The Labute approximate surface area is 113 Å². The minimum atomic E-state index is -0.228. The highest BCUT2D eigenvalue weighted by Crippen LogP contribution is 2.29. The summed E-state index contributed by atoms with van der Waals surface area (Å²) in [7, 11) is 1.88. The van der Waals surface area contributed by atoms with Crippen LogP contribution < -0.4 is 5.32 Å². The molecule has 0 fully saturated rings. The lowest BCUT2D eigenvalue weighted by Gasteiger charge is -2.06. The summed E-state index contributed by atoms with van der Waals surface area (Å²) in [6.45, 7) is 2.03. The first-order chi connectivity index (χ1) is 8.11. The van der Waals surface area contributed by atoms with Crippen molar-refractivity contribution in [1.29, 1.82) is 0 Å². The fourth-order valence-corrected chi connectivity index (χ4v) is 2.30. The van der Waals surface area contributed by atoms with Crippen molar-refractivity contribution in [1.82, 2.24) is 5.32 Å². The second kappa shape index (κ2) is 5.18. The van der Waals surface area contributed by atoms with E-state index in [4.69, 9.17) is 4.42 Å². The predicted octanol–water partition coefficient (Wildman–Crippen LogP) is 3.97. The minimum Gasteiger partial charge on any atom is -0.459 e. The van der Waals surface area contributed by atoms with E-state index in [1.54, 1.807) is 6.07 Å². The summed E-state index contributed by atoms with van der Waals surface area (Å²) in [6.07, 6.45) is 0. The molecule has 1 unspecified atom stereocenters. The quantitative estimate of drug-likeness (QED) is 0.852. The fourth-order valence-electron chi connectivity index (χ4n) is 1.56. The fraction of sp³-hybridized carbons (Fsp3) is 0.231. The Balaban J connectivity index is 2.37. The van der Waals surface area contributed by atoms with E-state index >= 15 is 0 Å². The Morgan fingerprint density at radius 1 is 1.29 bits per heavy atom. The average Bonchev–Trinajstić information content (AvgIpc) is 2.77. The van der Waals surface area contributed by atoms with Gasteiger partial charge in [0.05, 0.1) is 6.04 Å². The van der Waals surface area contributed by atoms with E-state index in [0.29, 0.717) is 0 Å². The molecule has 0 saturated carbocycles. The van der Waals surface area contributed by atoms with E-state index in [0.717, 1.165) is 20.7 Å². The van der Waals surface area contributed by atoms with Gasteiger partial charge < -0.3 is 9.73 Å². The first-order valence-electron chi connectivity index (χ1n) is 5.34. The maximum Gasteiger partial charge on any atom is 0.135 e. The highest BCUT2D eigenvalue weighted by Gasteiger charge is 2.12. The van der Waals surface area contributed by atoms with E-state index in [2.05, 4.69) is 27.9 Å². The smallest absolute Gasteiger partial charge is 0.135 e. The third-order valence-electron chi connectivity index (χ3n) is 2.68. The molecule has 0 amide bonds. The second-order valence-corrected chi connectivity index (χ2v) is 5.00. The average molecular weight is 345 g/mol. The van der Waals surface area contributed by atoms with Gasteiger partial charge in [-0.1, -0.05) is 0 Å². The summed E-state index contributed by atoms with van der Waals surface area (Å²) >= 11 is 2.11. The molecule has 2 rings (SSSR count). The molecule has 1 N–H and O–H groups in total. The lowest BCUT2D eigenvalue weighted by molar-refractivity contribution is 0.458. The highest BCUT2D eigenvalue weighted by atomic mass is 127. The minimum absolute atomic E-state index is 0.168. The molecular weight excluding hydrogens is 332 g/mol. The molecule has 1 aromatic heterocycles. The van der Waals surface area contributed by atoms with Crippen LogP contribution in [0.1, 0.15) is 18.7 Å². The topological polar surface area (TPSA) is 25.2 Å². The zero-order chi connectivity index (χ0) is 12.4. The van der Waals surface area contributed by atoms with Crippen molar-refractivity contribution in [3.63, 3.8) is 0 Å². The largest absolute Gasteiger partial charge is 0.459 e. The lowest BCUT2D eigenvalue weighted by atomic mass is 10.2. The normalized spacial score (nSPS) is 12.7. The maximum atomic E-state index is 13.0. The van der Waals surface area contributed by atoms with Gasteiger partial charge in [-0.25, -0.2) is 4.39 Å². The molecule has 0 aliphatic carbocycles. The molecule has 2 nitrogen and oxygen atoms in total. The van der Waals surface area contributed by atoms with Gasteiger partial charge in [0.15, 0.2) is 0 Å². The predicted molar refractivity (Wildman–Crippen MR) is 74.3 cm³/mol. The van der Waals surface area contributed by atoms with Gasteiger partial charge in [-0.15, -0.1) is 0 Å². The van der Waals surface area contributed by atoms with Crippen LogP contribution in [0.15, 0.2) is 34.7 Å². The van der Waals surface area contributed by atoms with Crippen LogP contribution in [0.3, 0.4) is 0 Å². The molecule has 0 spiro atoms. The van der Waals surface area contributed by atoms with Crippen molar-refractivity contribution >= 4 is 22.6 Å². The number of rotatable bonds is 3. The molecule has 0 bridgehead atoms. The summed E-state index contributed by atoms with van der Waals surface area (Å²) in [5, 5.41) is 3.11. The number of nitrogens with one attached hydrogen (secondary N) is 1. The molecule has 4 heteroatoms. The van der Waals surface area contributed by atoms with Gasteiger partial charge in [0.2, 0.25) is 0 Å². The van der Waals surface area contributed by atoms with Crippen LogP contribution in [0.5, 0.6) is 0 Å². The Kier molecular flexibility index (Phi) is 3.83. The third kappa shape index (κ3) is 2.69. The summed E-state index contributed by atoms with van der Waals surface area (Å²) in [5.41, 5.74) is 0.918. The van der Waals surface area contributed by atoms with E-state index in [1.807, 2.05) is 26.1 Å². The van der Waals surface area contributed by atoms with Crippen LogP contribution in [0.4, 0.5) is 4.39 Å². The number of hydrogen-bond donors (Lipinski definition) is 1. The van der Waals surface area contributed by atoms with Crippen molar-refractivity contribution in [3.05, 3.63) is 45.5 Å². The Hall–Kier alpha value is -0.880. The maximum absolute atomic E-state index is 13.0. The molecule has 2 aromatic rings. The molecule has 17 heavy (non-hydrogen) atoms. The van der Waals surface area contributed by atoms with Crippen LogP contribution in [-0.4, -0.2) is 7.05 Å². The van der Waals surface area contributed by atoms with Gasteiger partial charge in [0, 0.05) is 9.13 Å². The van der Waals surface area contributed by atoms with Gasteiger partial charge >= 0.3 is 0 Å². The molecular formula is C13H13FINO. The first kappa shape index (κ1) is 12.6. The summed E-state index contributed by atoms with van der Waals surface area (Å²) in [6, 6.07) is 8.71. The number of hydrogen-bond acceptors (Lipinski definition) is 2. The molecule has 1 atom stereocenters. The lowest BCUT2D eigenvalue weighted by Crippen LogP contribution is -2.11. The van der Waals surface area contributed by atoms with Crippen molar-refractivity contribution < 1.29 is 8.81 Å². The van der Waals surface area contributed by atoms with Gasteiger partial charge in [-0.2, -0.15) is 0 Å². The van der Waals surface area contributed by atoms with Crippen molar-refractivity contribution in [3.8, 4) is 11.3 Å². The van der Waals surface area contributed by atoms with E-state index in [9.17, 15) is 4.39 Å². The van der Waals surface area contributed by atoms with Crippen molar-refractivity contribution in [2.24, 2.45) is 0 Å². The van der Waals surface area contributed by atoms with E-state index in [-0.39, 0.29) is 11.9 Å². The Morgan fingerprint density at radius 2 is 2.06 bits per heavy atom. The zero-order valence-corrected chi connectivity index (χ0v) is 11.8. The summed E-state index contributed by atoms with van der Waals surface area (Å²) < 4.78 is 19.6. The molecule has 0 saturated heterocycles. The van der Waals surface area contributed by atoms with E-state index < -0.39 is 0 Å². The Bertz CT molecular complexity index is 524. The third-order valence-corrected chi connectivity index (χ3v) is 3.58. The zero-order valence-electron chi connectivity index (χ0n) is 9.63. The number of halogens is 2. The van der Waals surface area contributed by atoms with Gasteiger partial charge in [-0.3, -0.25) is 0 Å². The van der Waals surface area contributed by atoms with Crippen LogP contribution >= 0.6 is 22.6 Å². The number of furan rings is 1. The summed E-state index contributed by atoms with van der Waals surface area (Å²) in [4.78, 5) is 0. The summed E-state index contributed by atoms with van der Waals surface area (Å²) in [5.74, 6) is 1.42. The Morgan fingerprint density at radius 3 is 2.71 bits per heavy atom. The molecule has 0 radical (unpaired) electrons. The van der Waals surface area contributed by atoms with Crippen molar-refractivity contribution in [2.75, 3.05) is 7.05 Å². The first-order valence-corrected chi connectivity index (χ1v) is 6.42. The standard InChI is InChI=1S/C13H13FINO/c1-8(16-2)12-5-6-13(17-12)10-4-3-9(14)7-11(10)15/h3-8,16H,1-2H3. The van der Waals surface area contributed by atoms with Crippen LogP contribution in [0, 0.1) is 9.39 Å². The van der Waals surface area contributed by atoms with E-state index in [1.165, 1.54) is 12.1 Å². The molecule has 1 heterocycles. The highest BCUT2D eigenvalue weighted by molar-refractivity contribution is 14.1. The molecule has 0 aliphatic rings.